The molecule has 0 spiro atoms. The van der Waals surface area contributed by atoms with Gasteiger partial charge < -0.3 is 62.6 Å². The van der Waals surface area contributed by atoms with Crippen LogP contribution in [0.5, 0.6) is 0 Å². The smallest absolute Gasteiger partial charge is 0.257 e. The number of amides is 3. The van der Waals surface area contributed by atoms with Crippen molar-refractivity contribution in [3.05, 3.63) is 160 Å². The molecule has 4 saturated heterocycles. The Kier molecular flexibility index (Phi) is 25.5. The maximum atomic E-state index is 12.6. The van der Waals surface area contributed by atoms with Gasteiger partial charge in [0.1, 0.15) is 40.5 Å². The molecule has 0 aliphatic carbocycles. The number of hydrogen-bond donors (Lipinski definition) is 10. The minimum absolute atomic E-state index is 0. The van der Waals surface area contributed by atoms with Gasteiger partial charge in [0.15, 0.2) is 32.9 Å². The molecule has 32 heteroatoms. The highest BCUT2D eigenvalue weighted by molar-refractivity contribution is 7.99. The van der Waals surface area contributed by atoms with Gasteiger partial charge in [-0.1, -0.05) is 63.9 Å². The van der Waals surface area contributed by atoms with Crippen molar-refractivity contribution < 1.29 is 35.6 Å². The van der Waals surface area contributed by atoms with E-state index in [0.717, 1.165) is 106 Å². The van der Waals surface area contributed by atoms with E-state index in [4.69, 9.17) is 64.4 Å². The summed E-state index contributed by atoms with van der Waals surface area (Å²) < 4.78 is 5.94. The Morgan fingerprint density at radius 1 is 0.623 bits per heavy atom. The van der Waals surface area contributed by atoms with E-state index < -0.39 is 0 Å². The third kappa shape index (κ3) is 20.3. The number of H-pyrrole nitrogens is 2. The second-order valence-electron chi connectivity index (χ2n) is 27.1. The molecule has 0 radical (unpaired) electrons. The number of nitrogens with two attached hydrogens (primary N) is 2. The number of aromatic nitrogens is 10. The van der Waals surface area contributed by atoms with Crippen LogP contribution in [0.15, 0.2) is 168 Å². The molecule has 0 atom stereocenters. The maximum absolute atomic E-state index is 12.6. The molecule has 4 aliphatic heterocycles. The van der Waals surface area contributed by atoms with Gasteiger partial charge in [0, 0.05) is 143 Å². The van der Waals surface area contributed by atoms with Gasteiger partial charge >= 0.3 is 0 Å². The van der Waals surface area contributed by atoms with Gasteiger partial charge in [-0.15, -0.1) is 0 Å². The molecule has 4 aliphatic rings. The molecule has 4 aromatic carbocycles. The van der Waals surface area contributed by atoms with Crippen molar-refractivity contribution in [2.45, 2.75) is 129 Å². The van der Waals surface area contributed by atoms with Crippen LogP contribution in [0, 0.1) is 19.3 Å². The highest BCUT2D eigenvalue weighted by Gasteiger charge is 2.52. The number of nitrogens with one attached hydrogen (secondary N) is 7. The molecule has 0 bridgehead atoms. The lowest BCUT2D eigenvalue weighted by Gasteiger charge is -2.56. The molecule has 13 rings (SSSR count). The van der Waals surface area contributed by atoms with E-state index in [2.05, 4.69) is 109 Å². The third-order valence-electron chi connectivity index (χ3n) is 18.0. The van der Waals surface area contributed by atoms with E-state index in [-0.39, 0.29) is 68.9 Å². The van der Waals surface area contributed by atoms with Crippen LogP contribution >= 0.6 is 58.5 Å². The van der Waals surface area contributed by atoms with Gasteiger partial charge in [0.05, 0.1) is 40.8 Å². The summed E-state index contributed by atoms with van der Waals surface area (Å²) >= 11 is 16.5. The fourth-order valence-corrected chi connectivity index (χ4v) is 14.4. The zero-order valence-electron chi connectivity index (χ0n) is 60.6. The number of likely N-dealkylation sites (tertiary alicyclic amines) is 1. The van der Waals surface area contributed by atoms with E-state index in [0.29, 0.717) is 67.9 Å². The highest BCUT2D eigenvalue weighted by Crippen LogP contribution is 2.44. The van der Waals surface area contributed by atoms with Gasteiger partial charge in [0.2, 0.25) is 11.8 Å². The molecule has 12 N–H and O–H groups in total. The standard InChI is InChI=1S/C25H32N8OS.C25H33N7O2S.C24H23Cl2N7O2S.8H2/c1-4-23(34)26-18-7-9-19(10-8-18)35-24-28-20(27-21-13-17(2)30-31-21)14-22(29-24)32-15-25(3,16-32)33-11-5-6-12-33;1-7-22(33)26-17-8-10-18(11-9-17)35-23-28-19(27-20-12-16(2)30-31-20)13-21(29-23)32-14-25(15-32,34-6)24(3,4)5;25-18-4-1-3-17(22(18)26)23(35)29-15-5-7-16(8-6-15)36-24-31-20(30-19(28)11-14(27)13-34)12-21(32-24)33-9-2-10-33;;;;;;;;/h7-10,13-14H,4-6,11-12,15-16H2,1-3H3,(H,26,34)(H2,27,28,29,30,31);8-13H,7,14-15H2,1-6H3,(H,26,33)(H2,27,28,29,30,31);1,3-8,11-12,34H,2,9-10,13,27H2,(H,29,35)(H2,28,30,31,32);8*1H/b;;14-11-;;;;;;;;. The lowest BCUT2D eigenvalue weighted by atomic mass is 9.71. The molecular formula is C74H104Cl2N22O5S3. The number of carbonyl (C=O) groups is 3. The minimum atomic E-state index is -0.357. The van der Waals surface area contributed by atoms with Crippen LogP contribution in [0.3, 0.4) is 0 Å². The summed E-state index contributed by atoms with van der Waals surface area (Å²) in [5, 5.41) is 41.0. The van der Waals surface area contributed by atoms with Crippen molar-refractivity contribution in [1.29, 1.82) is 0 Å². The van der Waals surface area contributed by atoms with Crippen molar-refractivity contribution in [2.75, 3.05) is 107 Å². The number of aliphatic imine (C=N–C) groups is 1. The summed E-state index contributed by atoms with van der Waals surface area (Å²) in [7, 11) is 1.78. The maximum Gasteiger partial charge on any atom is 0.257 e. The van der Waals surface area contributed by atoms with E-state index in [9.17, 15) is 14.4 Å². The first-order chi connectivity index (χ1) is 50.8. The molecular weight excluding hydrogens is 1440 g/mol. The number of aryl methyl sites for hydroxylation is 2. The lowest BCUT2D eigenvalue weighted by Crippen LogP contribution is -2.69. The van der Waals surface area contributed by atoms with Gasteiger partial charge in [-0.05, 0) is 179 Å². The molecule has 106 heavy (non-hydrogen) atoms. The number of aromatic amines is 2. The second kappa shape index (κ2) is 34.8. The summed E-state index contributed by atoms with van der Waals surface area (Å²) in [4.78, 5) is 80.7. The summed E-state index contributed by atoms with van der Waals surface area (Å²) in [5.41, 5.74) is 16.1. The van der Waals surface area contributed by atoms with Crippen LogP contribution < -0.4 is 52.8 Å². The predicted molar refractivity (Wildman–Crippen MR) is 440 cm³/mol. The topological polar surface area (TPSA) is 353 Å². The Bertz CT molecular complexity index is 4650. The zero-order chi connectivity index (χ0) is 75.3. The highest BCUT2D eigenvalue weighted by atomic mass is 35.5. The van der Waals surface area contributed by atoms with Crippen LogP contribution in [-0.2, 0) is 14.3 Å². The SMILES string of the molecule is CCC(=O)Nc1ccc(Sc2nc(Nc3cc(C)[nH]n3)cc(N3CC(C)(N4CCCC4)C3)n2)cc1.CCC(=O)Nc1ccc(Sc2nc(Nc3cc(C)[nH]n3)cc(N3CC(OC)(C(C)(C)C)C3)n2)cc1.NC(/C=C(\N)CO)=Nc1cc(N2CCC2)nc(Sc2ccc(NC(=O)c3cccc(Cl)c3Cl)cc2)n1.[HH].[HH].[HH].[HH].[HH].[HH].[HH].[HH]. The first-order valence-corrected chi connectivity index (χ1v) is 37.9. The second-order valence-corrected chi connectivity index (χ2v) is 31.0. The van der Waals surface area contributed by atoms with Crippen molar-refractivity contribution in [2.24, 2.45) is 21.9 Å². The Morgan fingerprint density at radius 3 is 1.51 bits per heavy atom. The number of methoxy groups -OCH3 is 1. The summed E-state index contributed by atoms with van der Waals surface area (Å²) in [6.45, 7) is 23.8. The largest absolute Gasteiger partial charge is 0.400 e. The zero-order valence-corrected chi connectivity index (χ0v) is 64.5. The number of benzene rings is 4. The van der Waals surface area contributed by atoms with Gasteiger partial charge in [-0.25, -0.2) is 34.9 Å². The van der Waals surface area contributed by atoms with E-state index in [1.165, 1.54) is 67.3 Å². The number of hydrogen-bond acceptors (Lipinski definition) is 24. The molecule has 9 heterocycles. The monoisotopic (exact) mass is 1550 g/mol. The average Bonchev–Trinajstić information content (AvgIpc) is 0.813. The number of carbonyl (C=O) groups excluding carboxylic acids is 3. The van der Waals surface area contributed by atoms with Crippen LogP contribution in [0.4, 0.5) is 63.6 Å². The Balaban J connectivity index is 0.000000428. The quantitative estimate of drug-likeness (QED) is 0.0153. The average molecular weight is 1550 g/mol. The Labute approximate surface area is 651 Å². The van der Waals surface area contributed by atoms with E-state index in [1.54, 1.807) is 43.5 Å². The number of aliphatic hydroxyl groups is 1. The molecule has 0 unspecified atom stereocenters. The fourth-order valence-electron chi connectivity index (χ4n) is 11.8. The third-order valence-corrected chi connectivity index (χ3v) is 21.4. The van der Waals surface area contributed by atoms with Crippen molar-refractivity contribution in [3.8, 4) is 0 Å². The first-order valence-electron chi connectivity index (χ1n) is 34.7. The predicted octanol–water partition coefficient (Wildman–Crippen LogP) is 15.6. The number of amidine groups is 1. The summed E-state index contributed by atoms with van der Waals surface area (Å²) in [5.74, 6) is 5.46. The van der Waals surface area contributed by atoms with Crippen LogP contribution in [-0.4, -0.2) is 161 Å². The summed E-state index contributed by atoms with van der Waals surface area (Å²) in [6.07, 6.45) is 5.97. The molecule has 9 aromatic rings. The van der Waals surface area contributed by atoms with Crippen LogP contribution in [0.2, 0.25) is 10.0 Å². The summed E-state index contributed by atoms with van der Waals surface area (Å²) in [6, 6.07) is 37.2. The van der Waals surface area contributed by atoms with Gasteiger partial charge in [0.25, 0.3) is 5.91 Å². The minimum Gasteiger partial charge on any atom is -0.400 e. The number of anilines is 10. The first kappa shape index (κ1) is 77.6. The molecule has 27 nitrogen and oxygen atoms in total. The van der Waals surface area contributed by atoms with Gasteiger partial charge in [-0.3, -0.25) is 29.5 Å². The Hall–Kier alpha value is -9.53. The fraction of sp³-hybridized carbons (Fsp3) is 0.351. The molecule has 0 saturated carbocycles. The number of nitrogens with zero attached hydrogens (tertiary/aromatic N) is 13. The molecule has 3 amide bonds. The number of halogens is 2. The number of ether oxygens (including phenoxy) is 1. The van der Waals surface area contributed by atoms with Crippen LogP contribution in [0.1, 0.15) is 107 Å². The lowest BCUT2D eigenvalue weighted by molar-refractivity contribution is -0.116. The van der Waals surface area contributed by atoms with Crippen LogP contribution in [0.25, 0.3) is 0 Å². The van der Waals surface area contributed by atoms with E-state index in [1.807, 2.05) is 113 Å². The molecule has 5 aromatic heterocycles. The number of aliphatic hydroxyl groups excluding tert-OH is 1. The van der Waals surface area contributed by atoms with E-state index >= 15 is 0 Å². The molecule has 4 fully saturated rings. The Morgan fingerprint density at radius 2 is 1.08 bits per heavy atom. The van der Waals surface area contributed by atoms with Crippen molar-refractivity contribution in [3.63, 3.8) is 0 Å². The van der Waals surface area contributed by atoms with Crippen molar-refractivity contribution in [1.82, 2.24) is 55.2 Å². The number of rotatable bonds is 24. The molecule has 572 valence electrons. The normalized spacial score (nSPS) is 15.4. The van der Waals surface area contributed by atoms with Gasteiger partial charge in [-0.2, -0.15) is 10.2 Å². The van der Waals surface area contributed by atoms with Crippen molar-refractivity contribution >= 4 is 146 Å².